The van der Waals surface area contributed by atoms with Crippen LogP contribution in [0.4, 0.5) is 5.69 Å². The third-order valence-corrected chi connectivity index (χ3v) is 2.84. The normalized spacial score (nSPS) is 9.81. The van der Waals surface area contributed by atoms with Crippen LogP contribution in [-0.2, 0) is 4.74 Å². The maximum atomic E-state index is 8.72. The number of benzene rings is 1. The van der Waals surface area contributed by atoms with E-state index in [2.05, 4.69) is 27.3 Å². The predicted octanol–water partition coefficient (Wildman–Crippen LogP) is 3.16. The van der Waals surface area contributed by atoms with Crippen LogP contribution >= 0.6 is 15.9 Å². The van der Waals surface area contributed by atoms with E-state index in [0.717, 1.165) is 36.2 Å². The van der Waals surface area contributed by atoms with Crippen molar-refractivity contribution < 1.29 is 4.74 Å². The lowest BCUT2D eigenvalue weighted by Crippen LogP contribution is -2.03. The molecular weight excluding hydrogens is 268 g/mol. The van der Waals surface area contributed by atoms with Gasteiger partial charge in [-0.15, -0.1) is 0 Å². The quantitative estimate of drug-likeness (QED) is 0.816. The van der Waals surface area contributed by atoms with Gasteiger partial charge in [-0.25, -0.2) is 0 Å². The maximum Gasteiger partial charge on any atom is 0.0992 e. The van der Waals surface area contributed by atoms with E-state index in [-0.39, 0.29) is 0 Å². The number of methoxy groups -OCH3 is 1. The van der Waals surface area contributed by atoms with E-state index in [0.29, 0.717) is 5.56 Å². The van der Waals surface area contributed by atoms with Gasteiger partial charge in [-0.05, 0) is 47.0 Å². The van der Waals surface area contributed by atoms with Crippen molar-refractivity contribution in [3.63, 3.8) is 0 Å². The third kappa shape index (κ3) is 4.21. The Hall–Kier alpha value is -1.05. The summed E-state index contributed by atoms with van der Waals surface area (Å²) in [5.74, 6) is 0. The Morgan fingerprint density at radius 3 is 2.88 bits per heavy atom. The van der Waals surface area contributed by atoms with Crippen molar-refractivity contribution in [2.24, 2.45) is 0 Å². The van der Waals surface area contributed by atoms with Gasteiger partial charge < -0.3 is 10.1 Å². The highest BCUT2D eigenvalue weighted by molar-refractivity contribution is 9.10. The number of nitriles is 1. The highest BCUT2D eigenvalue weighted by Gasteiger charge is 2.00. The molecule has 86 valence electrons. The molecule has 0 amide bonds. The summed E-state index contributed by atoms with van der Waals surface area (Å²) >= 11 is 3.43. The first kappa shape index (κ1) is 13.0. The molecule has 1 N–H and O–H groups in total. The first-order chi connectivity index (χ1) is 7.77. The van der Waals surface area contributed by atoms with Crippen LogP contribution in [0.25, 0.3) is 0 Å². The zero-order valence-corrected chi connectivity index (χ0v) is 10.9. The zero-order chi connectivity index (χ0) is 11.8. The fraction of sp³-hybridized carbons (Fsp3) is 0.417. The van der Waals surface area contributed by atoms with Gasteiger partial charge in [0.05, 0.1) is 11.6 Å². The summed E-state index contributed by atoms with van der Waals surface area (Å²) in [6, 6.07) is 7.65. The first-order valence-corrected chi connectivity index (χ1v) is 5.99. The number of rotatable bonds is 6. The Balaban J connectivity index is 2.40. The molecular formula is C12H15BrN2O. The molecule has 0 saturated heterocycles. The van der Waals surface area contributed by atoms with Crippen molar-refractivity contribution in [1.29, 1.82) is 5.26 Å². The van der Waals surface area contributed by atoms with Crippen molar-refractivity contribution >= 4 is 21.6 Å². The van der Waals surface area contributed by atoms with Crippen LogP contribution in [0, 0.1) is 11.3 Å². The molecule has 0 saturated carbocycles. The van der Waals surface area contributed by atoms with Crippen LogP contribution in [0.5, 0.6) is 0 Å². The second kappa shape index (κ2) is 7.26. The minimum absolute atomic E-state index is 0.664. The standard InChI is InChI=1S/C12H15BrN2O/c1-16-7-3-2-6-15-12-5-4-10(9-14)8-11(12)13/h4-5,8,15H,2-3,6-7H2,1H3. The van der Waals surface area contributed by atoms with Crippen molar-refractivity contribution in [1.82, 2.24) is 0 Å². The average molecular weight is 283 g/mol. The molecule has 1 rings (SSSR count). The van der Waals surface area contributed by atoms with E-state index in [9.17, 15) is 0 Å². The van der Waals surface area contributed by atoms with Gasteiger partial charge in [0.1, 0.15) is 0 Å². The van der Waals surface area contributed by atoms with Crippen LogP contribution in [0.3, 0.4) is 0 Å². The molecule has 16 heavy (non-hydrogen) atoms. The summed E-state index contributed by atoms with van der Waals surface area (Å²) in [4.78, 5) is 0. The molecule has 4 heteroatoms. The van der Waals surface area contributed by atoms with Crippen molar-refractivity contribution in [2.45, 2.75) is 12.8 Å². The summed E-state index contributed by atoms with van der Waals surface area (Å²) in [5.41, 5.74) is 1.69. The molecule has 0 atom stereocenters. The SMILES string of the molecule is COCCCCNc1ccc(C#N)cc1Br. The minimum Gasteiger partial charge on any atom is -0.385 e. The Morgan fingerprint density at radius 1 is 1.44 bits per heavy atom. The van der Waals surface area contributed by atoms with E-state index >= 15 is 0 Å². The molecule has 0 aromatic heterocycles. The number of halogens is 1. The number of hydrogen-bond donors (Lipinski definition) is 1. The number of anilines is 1. The predicted molar refractivity (Wildman–Crippen MR) is 68.5 cm³/mol. The topological polar surface area (TPSA) is 45.0 Å². The van der Waals surface area contributed by atoms with E-state index in [4.69, 9.17) is 10.00 Å². The lowest BCUT2D eigenvalue weighted by atomic mass is 10.2. The summed E-state index contributed by atoms with van der Waals surface area (Å²) in [7, 11) is 1.71. The molecule has 0 heterocycles. The van der Waals surface area contributed by atoms with Crippen LogP contribution < -0.4 is 5.32 Å². The maximum absolute atomic E-state index is 8.72. The molecule has 0 fully saturated rings. The Kier molecular flexibility index (Phi) is 5.91. The molecule has 1 aromatic carbocycles. The molecule has 0 aliphatic heterocycles. The van der Waals surface area contributed by atoms with Crippen LogP contribution in [-0.4, -0.2) is 20.3 Å². The molecule has 0 aliphatic carbocycles. The van der Waals surface area contributed by atoms with Crippen LogP contribution in [0.2, 0.25) is 0 Å². The fourth-order valence-corrected chi connectivity index (χ4v) is 1.84. The molecule has 0 aliphatic rings. The number of hydrogen-bond acceptors (Lipinski definition) is 3. The van der Waals surface area contributed by atoms with Crippen molar-refractivity contribution in [3.05, 3.63) is 28.2 Å². The summed E-state index contributed by atoms with van der Waals surface area (Å²) < 4.78 is 5.90. The van der Waals surface area contributed by atoms with Gasteiger partial charge in [-0.2, -0.15) is 5.26 Å². The molecule has 0 unspecified atom stereocenters. The number of ether oxygens (including phenoxy) is 1. The highest BCUT2D eigenvalue weighted by atomic mass is 79.9. The van der Waals surface area contributed by atoms with Crippen molar-refractivity contribution in [3.8, 4) is 6.07 Å². The van der Waals surface area contributed by atoms with E-state index in [1.807, 2.05) is 18.2 Å². The Morgan fingerprint density at radius 2 is 2.25 bits per heavy atom. The Labute approximate surface area is 105 Å². The first-order valence-electron chi connectivity index (χ1n) is 5.20. The van der Waals surface area contributed by atoms with Crippen LogP contribution in [0.15, 0.2) is 22.7 Å². The number of nitrogens with one attached hydrogen (secondary N) is 1. The fourth-order valence-electron chi connectivity index (χ4n) is 1.32. The van der Waals surface area contributed by atoms with Gasteiger partial charge in [0.25, 0.3) is 0 Å². The van der Waals surface area contributed by atoms with Gasteiger partial charge in [-0.3, -0.25) is 0 Å². The van der Waals surface area contributed by atoms with Gasteiger partial charge in [0.15, 0.2) is 0 Å². The van der Waals surface area contributed by atoms with E-state index in [1.165, 1.54) is 0 Å². The van der Waals surface area contributed by atoms with Gasteiger partial charge in [-0.1, -0.05) is 0 Å². The van der Waals surface area contributed by atoms with E-state index < -0.39 is 0 Å². The average Bonchev–Trinajstić information content (AvgIpc) is 2.30. The highest BCUT2D eigenvalue weighted by Crippen LogP contribution is 2.23. The monoisotopic (exact) mass is 282 g/mol. The molecule has 1 aromatic rings. The summed E-state index contributed by atoms with van der Waals surface area (Å²) in [6.07, 6.45) is 2.12. The van der Waals surface area contributed by atoms with Gasteiger partial charge in [0, 0.05) is 30.4 Å². The molecule has 3 nitrogen and oxygen atoms in total. The van der Waals surface area contributed by atoms with Gasteiger partial charge in [0.2, 0.25) is 0 Å². The largest absolute Gasteiger partial charge is 0.385 e. The minimum atomic E-state index is 0.664. The Bertz CT molecular complexity index is 374. The second-order valence-electron chi connectivity index (χ2n) is 3.43. The van der Waals surface area contributed by atoms with Crippen LogP contribution in [0.1, 0.15) is 18.4 Å². The second-order valence-corrected chi connectivity index (χ2v) is 4.29. The van der Waals surface area contributed by atoms with Crippen molar-refractivity contribution in [2.75, 3.05) is 25.6 Å². The molecule has 0 bridgehead atoms. The molecule has 0 spiro atoms. The lowest BCUT2D eigenvalue weighted by molar-refractivity contribution is 0.194. The van der Waals surface area contributed by atoms with Gasteiger partial charge >= 0.3 is 0 Å². The van der Waals surface area contributed by atoms with E-state index in [1.54, 1.807) is 7.11 Å². The third-order valence-electron chi connectivity index (χ3n) is 2.19. The smallest absolute Gasteiger partial charge is 0.0992 e. The number of nitrogens with zero attached hydrogens (tertiary/aromatic N) is 1. The lowest BCUT2D eigenvalue weighted by Gasteiger charge is -2.08. The summed E-state index contributed by atoms with van der Waals surface area (Å²) in [6.45, 7) is 1.71. The number of unbranched alkanes of at least 4 members (excludes halogenated alkanes) is 1. The zero-order valence-electron chi connectivity index (χ0n) is 9.29. The summed E-state index contributed by atoms with van der Waals surface area (Å²) in [5, 5.41) is 12.0. The molecule has 0 radical (unpaired) electrons.